The molecule has 2 aromatic carbocycles. The van der Waals surface area contributed by atoms with Crippen LogP contribution in [0.15, 0.2) is 61.7 Å². The van der Waals surface area contributed by atoms with E-state index in [0.29, 0.717) is 0 Å². The number of carbonyl (C=O) groups excluding carboxylic acids is 2. The Morgan fingerprint density at radius 3 is 1.42 bits per heavy atom. The fourth-order valence-electron chi connectivity index (χ4n) is 4.94. The number of allylic oxidation sites excluding steroid dienone is 2. The van der Waals surface area contributed by atoms with Gasteiger partial charge in [0, 0.05) is 0 Å². The Morgan fingerprint density at radius 2 is 1.08 bits per heavy atom. The normalized spacial score (nSPS) is 17.7. The predicted molar refractivity (Wildman–Crippen MR) is 158 cm³/mol. The van der Waals surface area contributed by atoms with Crippen molar-refractivity contribution in [3.63, 3.8) is 0 Å². The molecule has 204 valence electrons. The van der Waals surface area contributed by atoms with Gasteiger partial charge in [0.1, 0.15) is 0 Å². The van der Waals surface area contributed by atoms with Crippen LogP contribution in [0.25, 0.3) is 11.1 Å². The van der Waals surface area contributed by atoms with Crippen molar-refractivity contribution in [1.82, 2.24) is 21.3 Å². The molecule has 2 atom stereocenters. The van der Waals surface area contributed by atoms with Crippen molar-refractivity contribution in [2.45, 2.75) is 90.4 Å². The molecule has 0 bridgehead atoms. The Morgan fingerprint density at radius 1 is 0.711 bits per heavy atom. The zero-order chi connectivity index (χ0) is 28.1. The van der Waals surface area contributed by atoms with Crippen molar-refractivity contribution in [3.8, 4) is 0 Å². The van der Waals surface area contributed by atoms with Crippen LogP contribution in [0.5, 0.6) is 0 Å². The Hall–Kier alpha value is -3.54. The number of nitrogens with one attached hydrogen (secondary N) is 4. The molecular formula is C32H44N4O2. The summed E-state index contributed by atoms with van der Waals surface area (Å²) < 4.78 is 0. The van der Waals surface area contributed by atoms with E-state index in [9.17, 15) is 9.59 Å². The van der Waals surface area contributed by atoms with Gasteiger partial charge in [-0.2, -0.15) is 0 Å². The highest BCUT2D eigenvalue weighted by atomic mass is 16.2. The van der Waals surface area contributed by atoms with E-state index < -0.39 is 11.1 Å². The van der Waals surface area contributed by atoms with Gasteiger partial charge in [0.05, 0.1) is 23.2 Å². The summed E-state index contributed by atoms with van der Waals surface area (Å²) in [4.78, 5) is 26.2. The SMILES string of the molecule is C=C(C)c1cccc(C(C)(C)NC(=O)NC2CCCCC2NC(=O)NC(C)(C)c2cccc(C(=C)C)c2)c1. The van der Waals surface area contributed by atoms with Crippen molar-refractivity contribution in [2.75, 3.05) is 0 Å². The van der Waals surface area contributed by atoms with Crippen LogP contribution in [0.1, 0.15) is 89.5 Å². The monoisotopic (exact) mass is 516 g/mol. The molecule has 0 spiro atoms. The number of hydrogen-bond donors (Lipinski definition) is 4. The topological polar surface area (TPSA) is 82.3 Å². The maximum Gasteiger partial charge on any atom is 0.315 e. The maximum absolute atomic E-state index is 13.1. The van der Waals surface area contributed by atoms with E-state index in [2.05, 4.69) is 46.6 Å². The van der Waals surface area contributed by atoms with Crippen LogP contribution < -0.4 is 21.3 Å². The van der Waals surface area contributed by atoms with Crippen molar-refractivity contribution in [2.24, 2.45) is 0 Å². The smallest absolute Gasteiger partial charge is 0.315 e. The molecule has 1 saturated carbocycles. The molecule has 1 aliphatic carbocycles. The van der Waals surface area contributed by atoms with Crippen LogP contribution in [0, 0.1) is 0 Å². The standard InChI is InChI=1S/C32H44N4O2/c1-21(2)23-13-11-15-25(19-23)31(5,6)35-29(37)33-27-17-9-10-18-28(27)34-30(38)36-32(7,8)26-16-12-14-24(20-26)22(3)4/h11-16,19-20,27-28H,1,3,9-10,17-18H2,2,4-8H3,(H2,33,35,37)(H2,34,36,38). The third-order valence-corrected chi connectivity index (χ3v) is 7.41. The minimum atomic E-state index is -0.577. The lowest BCUT2D eigenvalue weighted by Crippen LogP contribution is -2.59. The zero-order valence-corrected chi connectivity index (χ0v) is 23.8. The van der Waals surface area contributed by atoms with E-state index in [-0.39, 0.29) is 24.1 Å². The summed E-state index contributed by atoms with van der Waals surface area (Å²) in [6.45, 7) is 19.9. The molecular weight excluding hydrogens is 472 g/mol. The fraction of sp³-hybridized carbons (Fsp3) is 0.438. The molecule has 2 unspecified atom stereocenters. The average Bonchev–Trinajstić information content (AvgIpc) is 2.84. The molecule has 4 N–H and O–H groups in total. The molecule has 38 heavy (non-hydrogen) atoms. The van der Waals surface area contributed by atoms with Crippen LogP contribution in [0.3, 0.4) is 0 Å². The quantitative estimate of drug-likeness (QED) is 0.310. The lowest BCUT2D eigenvalue weighted by Gasteiger charge is -2.36. The number of benzene rings is 2. The Kier molecular flexibility index (Phi) is 9.08. The summed E-state index contributed by atoms with van der Waals surface area (Å²) in [6, 6.07) is 15.4. The van der Waals surface area contributed by atoms with Gasteiger partial charge in [-0.05, 0) is 88.8 Å². The molecule has 2 aromatic rings. The van der Waals surface area contributed by atoms with Crippen LogP contribution in [0.2, 0.25) is 0 Å². The highest BCUT2D eigenvalue weighted by Crippen LogP contribution is 2.26. The molecule has 3 rings (SSSR count). The number of amides is 4. The largest absolute Gasteiger partial charge is 0.333 e. The fourth-order valence-corrected chi connectivity index (χ4v) is 4.94. The van der Waals surface area contributed by atoms with Gasteiger partial charge in [0.2, 0.25) is 0 Å². The van der Waals surface area contributed by atoms with E-state index in [1.807, 2.05) is 77.9 Å². The first-order chi connectivity index (χ1) is 17.8. The van der Waals surface area contributed by atoms with Gasteiger partial charge in [0.15, 0.2) is 0 Å². The van der Waals surface area contributed by atoms with E-state index in [1.165, 1.54) is 0 Å². The highest BCUT2D eigenvalue weighted by Gasteiger charge is 2.31. The first-order valence-electron chi connectivity index (χ1n) is 13.5. The summed E-state index contributed by atoms with van der Waals surface area (Å²) in [5.41, 5.74) is 4.91. The van der Waals surface area contributed by atoms with Crippen LogP contribution in [-0.2, 0) is 11.1 Å². The summed E-state index contributed by atoms with van der Waals surface area (Å²) in [5, 5.41) is 12.5. The number of rotatable bonds is 8. The summed E-state index contributed by atoms with van der Waals surface area (Å²) in [7, 11) is 0. The summed E-state index contributed by atoms with van der Waals surface area (Å²) in [6.07, 6.45) is 3.64. The van der Waals surface area contributed by atoms with Crippen molar-refractivity contribution >= 4 is 23.2 Å². The van der Waals surface area contributed by atoms with Crippen LogP contribution in [-0.4, -0.2) is 24.1 Å². The first kappa shape index (κ1) is 29.0. The van der Waals surface area contributed by atoms with Gasteiger partial charge >= 0.3 is 12.1 Å². The van der Waals surface area contributed by atoms with Crippen LogP contribution in [0.4, 0.5) is 9.59 Å². The minimum Gasteiger partial charge on any atom is -0.333 e. The van der Waals surface area contributed by atoms with Crippen molar-refractivity contribution in [1.29, 1.82) is 0 Å². The van der Waals surface area contributed by atoms with Gasteiger partial charge in [-0.25, -0.2) is 9.59 Å². The van der Waals surface area contributed by atoms with Gasteiger partial charge in [0.25, 0.3) is 0 Å². The van der Waals surface area contributed by atoms with Crippen molar-refractivity contribution < 1.29 is 9.59 Å². The van der Waals surface area contributed by atoms with Gasteiger partial charge in [-0.3, -0.25) is 0 Å². The molecule has 6 nitrogen and oxygen atoms in total. The third-order valence-electron chi connectivity index (χ3n) is 7.41. The second kappa shape index (κ2) is 11.9. The predicted octanol–water partition coefficient (Wildman–Crippen LogP) is 6.83. The van der Waals surface area contributed by atoms with E-state index in [4.69, 9.17) is 0 Å². The lowest BCUT2D eigenvalue weighted by molar-refractivity contribution is 0.203. The summed E-state index contributed by atoms with van der Waals surface area (Å²) in [5.74, 6) is 0. The molecule has 1 fully saturated rings. The Bertz CT molecular complexity index is 1100. The second-order valence-corrected chi connectivity index (χ2v) is 11.7. The maximum atomic E-state index is 13.1. The molecule has 0 aliphatic heterocycles. The minimum absolute atomic E-state index is 0.151. The Balaban J connectivity index is 1.63. The number of carbonyl (C=O) groups is 2. The summed E-state index contributed by atoms with van der Waals surface area (Å²) >= 11 is 0. The Labute approximate surface area is 228 Å². The van der Waals surface area contributed by atoms with E-state index in [0.717, 1.165) is 59.1 Å². The molecule has 0 heterocycles. The third kappa shape index (κ3) is 7.50. The van der Waals surface area contributed by atoms with E-state index in [1.54, 1.807) is 0 Å². The zero-order valence-electron chi connectivity index (χ0n) is 23.8. The highest BCUT2D eigenvalue weighted by molar-refractivity contribution is 5.77. The van der Waals surface area contributed by atoms with Crippen molar-refractivity contribution in [3.05, 3.63) is 83.9 Å². The van der Waals surface area contributed by atoms with E-state index >= 15 is 0 Å². The lowest BCUT2D eigenvalue weighted by atomic mass is 9.89. The molecule has 0 radical (unpaired) electrons. The molecule has 0 saturated heterocycles. The molecule has 1 aliphatic rings. The number of hydrogen-bond acceptors (Lipinski definition) is 2. The van der Waals surface area contributed by atoms with Gasteiger partial charge in [-0.15, -0.1) is 0 Å². The molecule has 6 heteroatoms. The second-order valence-electron chi connectivity index (χ2n) is 11.7. The molecule has 0 aromatic heterocycles. The van der Waals surface area contributed by atoms with Crippen LogP contribution >= 0.6 is 0 Å². The van der Waals surface area contributed by atoms with Gasteiger partial charge < -0.3 is 21.3 Å². The van der Waals surface area contributed by atoms with Gasteiger partial charge in [-0.1, -0.05) is 73.5 Å². The first-order valence-corrected chi connectivity index (χ1v) is 13.5. The molecule has 4 amide bonds. The average molecular weight is 517 g/mol. The number of urea groups is 2.